The number of likely N-dealkylation sites (N-methyl/N-ethyl adjacent to an activating group) is 1. The van der Waals surface area contributed by atoms with Crippen molar-refractivity contribution in [2.45, 2.75) is 19.3 Å². The van der Waals surface area contributed by atoms with Gasteiger partial charge in [0.05, 0.1) is 11.3 Å². The Kier molecular flexibility index (Phi) is 4.31. The molecule has 0 saturated carbocycles. The highest BCUT2D eigenvalue weighted by atomic mass is 16.4. The van der Waals surface area contributed by atoms with E-state index in [0.717, 1.165) is 5.69 Å². The summed E-state index contributed by atoms with van der Waals surface area (Å²) in [4.78, 5) is 13.0. The van der Waals surface area contributed by atoms with Crippen molar-refractivity contribution in [1.82, 2.24) is 0 Å². The van der Waals surface area contributed by atoms with E-state index in [2.05, 4.69) is 54.5 Å². The summed E-state index contributed by atoms with van der Waals surface area (Å²) in [7, 11) is 2.06. The number of allylic oxidation sites excluding steroid dienone is 2. The van der Waals surface area contributed by atoms with Crippen LogP contribution < -0.4 is 10.3 Å². The summed E-state index contributed by atoms with van der Waals surface area (Å²) in [5, 5.41) is 13.1. The molecule has 0 aliphatic carbocycles. The summed E-state index contributed by atoms with van der Waals surface area (Å²) in [5.74, 6) is -0.939. The first-order valence-corrected chi connectivity index (χ1v) is 8.07. The van der Waals surface area contributed by atoms with Crippen molar-refractivity contribution in [2.24, 2.45) is 5.10 Å². The van der Waals surface area contributed by atoms with Gasteiger partial charge in [0.1, 0.15) is 0 Å². The Hall–Kier alpha value is -3.08. The van der Waals surface area contributed by atoms with Crippen LogP contribution in [0.3, 0.4) is 0 Å². The molecule has 2 aromatic rings. The number of aromatic carboxylic acids is 1. The predicted molar refractivity (Wildman–Crippen MR) is 101 cm³/mol. The van der Waals surface area contributed by atoms with E-state index in [-0.39, 0.29) is 11.0 Å². The molecule has 3 rings (SSSR count). The van der Waals surface area contributed by atoms with E-state index in [1.807, 2.05) is 12.1 Å². The molecule has 0 fully saturated rings. The highest BCUT2D eigenvalue weighted by Crippen LogP contribution is 2.46. The van der Waals surface area contributed by atoms with Gasteiger partial charge in [0.15, 0.2) is 0 Å². The molecule has 1 heterocycles. The van der Waals surface area contributed by atoms with Gasteiger partial charge < -0.3 is 10.0 Å². The second-order valence-corrected chi connectivity index (χ2v) is 6.53. The molecule has 0 saturated heterocycles. The zero-order valence-electron chi connectivity index (χ0n) is 14.5. The average molecular weight is 335 g/mol. The Bertz CT molecular complexity index is 851. The quantitative estimate of drug-likeness (QED) is 0.652. The maximum Gasteiger partial charge on any atom is 0.335 e. The number of hydrogen-bond acceptors (Lipinski definition) is 4. The SMILES string of the molecule is CN1/C(=C\C=N\Nc2ccc(C(=O)O)cc2)C(C)(C)c2ccccc21. The van der Waals surface area contributed by atoms with Crippen molar-refractivity contribution in [3.8, 4) is 0 Å². The number of carboxylic acid groups (broad SMARTS) is 1. The minimum atomic E-state index is -0.939. The summed E-state index contributed by atoms with van der Waals surface area (Å²) >= 11 is 0. The van der Waals surface area contributed by atoms with Gasteiger partial charge in [-0.3, -0.25) is 5.43 Å². The van der Waals surface area contributed by atoms with Crippen LogP contribution in [0.1, 0.15) is 29.8 Å². The number of anilines is 2. The first-order chi connectivity index (χ1) is 11.9. The Labute approximate surface area is 147 Å². The normalized spacial score (nSPS) is 17.1. The van der Waals surface area contributed by atoms with Gasteiger partial charge in [0.2, 0.25) is 0 Å². The lowest BCUT2D eigenvalue weighted by Crippen LogP contribution is -2.23. The minimum Gasteiger partial charge on any atom is -0.478 e. The molecule has 0 bridgehead atoms. The molecule has 0 spiro atoms. The van der Waals surface area contributed by atoms with Gasteiger partial charge in [-0.1, -0.05) is 32.0 Å². The third kappa shape index (κ3) is 3.13. The molecule has 1 aliphatic rings. The number of nitrogens with one attached hydrogen (secondary N) is 1. The Balaban J connectivity index is 1.74. The topological polar surface area (TPSA) is 64.9 Å². The number of fused-ring (bicyclic) bond motifs is 1. The third-order valence-electron chi connectivity index (χ3n) is 4.57. The first-order valence-electron chi connectivity index (χ1n) is 8.07. The van der Waals surface area contributed by atoms with Crippen LogP contribution in [-0.2, 0) is 5.41 Å². The van der Waals surface area contributed by atoms with E-state index in [1.54, 1.807) is 30.5 Å². The predicted octanol–water partition coefficient (Wildman–Crippen LogP) is 4.09. The summed E-state index contributed by atoms with van der Waals surface area (Å²) in [5.41, 5.74) is 7.50. The van der Waals surface area contributed by atoms with Gasteiger partial charge in [-0.05, 0) is 42.0 Å². The average Bonchev–Trinajstić information content (AvgIpc) is 2.79. The molecule has 0 radical (unpaired) electrons. The molecule has 0 unspecified atom stereocenters. The number of benzene rings is 2. The highest BCUT2D eigenvalue weighted by Gasteiger charge is 2.37. The van der Waals surface area contributed by atoms with Crippen molar-refractivity contribution in [1.29, 1.82) is 0 Å². The molecule has 25 heavy (non-hydrogen) atoms. The van der Waals surface area contributed by atoms with Gasteiger partial charge in [-0.2, -0.15) is 5.10 Å². The zero-order valence-corrected chi connectivity index (χ0v) is 14.5. The number of hydrazone groups is 1. The highest BCUT2D eigenvalue weighted by molar-refractivity contribution is 5.88. The lowest BCUT2D eigenvalue weighted by Gasteiger charge is -2.23. The number of nitrogens with zero attached hydrogens (tertiary/aromatic N) is 2. The fraction of sp³-hybridized carbons (Fsp3) is 0.200. The van der Waals surface area contributed by atoms with Crippen LogP contribution in [0.15, 0.2) is 65.4 Å². The van der Waals surface area contributed by atoms with Gasteiger partial charge in [-0.15, -0.1) is 0 Å². The fourth-order valence-electron chi connectivity index (χ4n) is 3.21. The number of carboxylic acids is 1. The number of rotatable bonds is 4. The molecule has 1 aliphatic heterocycles. The van der Waals surface area contributed by atoms with E-state index >= 15 is 0 Å². The standard InChI is InChI=1S/C20H21N3O2/c1-20(2)16-6-4-5-7-17(16)23(3)18(20)12-13-21-22-15-10-8-14(9-11-15)19(24)25/h4-13,22H,1-3H3,(H,24,25)/b18-12-,21-13+. The molecular weight excluding hydrogens is 314 g/mol. The largest absolute Gasteiger partial charge is 0.478 e. The second-order valence-electron chi connectivity index (χ2n) is 6.53. The number of hydrogen-bond donors (Lipinski definition) is 2. The number of carbonyl (C=O) groups is 1. The van der Waals surface area contributed by atoms with E-state index in [4.69, 9.17) is 5.11 Å². The van der Waals surface area contributed by atoms with Crippen molar-refractivity contribution in [2.75, 3.05) is 17.4 Å². The van der Waals surface area contributed by atoms with Crippen LogP contribution in [0.4, 0.5) is 11.4 Å². The smallest absolute Gasteiger partial charge is 0.335 e. The molecule has 2 N–H and O–H groups in total. The minimum absolute atomic E-state index is 0.0828. The zero-order chi connectivity index (χ0) is 18.0. The summed E-state index contributed by atoms with van der Waals surface area (Å²) in [6, 6.07) is 14.9. The first kappa shape index (κ1) is 16.8. The molecular formula is C20H21N3O2. The van der Waals surface area contributed by atoms with Crippen molar-refractivity contribution >= 4 is 23.6 Å². The van der Waals surface area contributed by atoms with E-state index in [0.29, 0.717) is 0 Å². The molecule has 5 heteroatoms. The van der Waals surface area contributed by atoms with Crippen LogP contribution in [0.25, 0.3) is 0 Å². The van der Waals surface area contributed by atoms with Crippen LogP contribution >= 0.6 is 0 Å². The van der Waals surface area contributed by atoms with E-state index in [9.17, 15) is 4.79 Å². The van der Waals surface area contributed by atoms with Crippen LogP contribution in [-0.4, -0.2) is 24.3 Å². The van der Waals surface area contributed by atoms with Crippen molar-refractivity contribution < 1.29 is 9.90 Å². The van der Waals surface area contributed by atoms with Gasteiger partial charge >= 0.3 is 5.97 Å². The lowest BCUT2D eigenvalue weighted by atomic mass is 9.84. The van der Waals surface area contributed by atoms with Gasteiger partial charge in [0, 0.05) is 30.1 Å². The molecule has 0 atom stereocenters. The van der Waals surface area contributed by atoms with E-state index < -0.39 is 5.97 Å². The van der Waals surface area contributed by atoms with Crippen molar-refractivity contribution in [3.05, 3.63) is 71.4 Å². The number of para-hydroxylation sites is 1. The van der Waals surface area contributed by atoms with Crippen LogP contribution in [0, 0.1) is 0 Å². The van der Waals surface area contributed by atoms with Crippen LogP contribution in [0.5, 0.6) is 0 Å². The molecule has 2 aromatic carbocycles. The lowest BCUT2D eigenvalue weighted by molar-refractivity contribution is 0.0697. The van der Waals surface area contributed by atoms with Crippen LogP contribution in [0.2, 0.25) is 0 Å². The van der Waals surface area contributed by atoms with Crippen molar-refractivity contribution in [3.63, 3.8) is 0 Å². The maximum absolute atomic E-state index is 10.8. The summed E-state index contributed by atoms with van der Waals surface area (Å²) in [6.45, 7) is 4.40. The molecule has 0 aromatic heterocycles. The fourth-order valence-corrected chi connectivity index (χ4v) is 3.21. The Morgan fingerprint density at radius 1 is 1.16 bits per heavy atom. The monoisotopic (exact) mass is 335 g/mol. The molecule has 128 valence electrons. The molecule has 5 nitrogen and oxygen atoms in total. The Morgan fingerprint density at radius 3 is 2.48 bits per heavy atom. The summed E-state index contributed by atoms with van der Waals surface area (Å²) < 4.78 is 0. The van der Waals surface area contributed by atoms with E-state index in [1.165, 1.54) is 16.9 Å². The summed E-state index contributed by atoms with van der Waals surface area (Å²) in [6.07, 6.45) is 3.73. The second kappa shape index (κ2) is 6.43. The van der Waals surface area contributed by atoms with Gasteiger partial charge in [0.25, 0.3) is 0 Å². The molecule has 0 amide bonds. The third-order valence-corrected chi connectivity index (χ3v) is 4.57. The maximum atomic E-state index is 10.8. The Morgan fingerprint density at radius 2 is 1.84 bits per heavy atom. The van der Waals surface area contributed by atoms with Gasteiger partial charge in [-0.25, -0.2) is 4.79 Å².